The zero-order valence-corrected chi connectivity index (χ0v) is 17.7. The maximum Gasteiger partial charge on any atom is 0.306 e. The highest BCUT2D eigenvalue weighted by Gasteiger charge is 2.08. The van der Waals surface area contributed by atoms with Crippen LogP contribution in [0.15, 0.2) is 0 Å². The van der Waals surface area contributed by atoms with Crippen LogP contribution in [0.25, 0.3) is 0 Å². The Morgan fingerprint density at radius 3 is 1.76 bits per heavy atom. The van der Waals surface area contributed by atoms with Gasteiger partial charge in [0.1, 0.15) is 0 Å². The predicted molar refractivity (Wildman–Crippen MR) is 109 cm³/mol. The second-order valence-corrected chi connectivity index (χ2v) is 7.10. The summed E-state index contributed by atoms with van der Waals surface area (Å²) in [5, 5.41) is 8.29. The molecule has 0 radical (unpaired) electrons. The normalized spacial score (nSPS) is 11.6. The minimum absolute atomic E-state index is 0.00726. The predicted octanol–water partition coefficient (Wildman–Crippen LogP) is 6.81. The van der Waals surface area contributed by atoms with E-state index in [1.807, 2.05) is 6.92 Å². The van der Waals surface area contributed by atoms with Gasteiger partial charge in [0.25, 0.3) is 0 Å². The minimum Gasteiger partial charge on any atom is -0.463 e. The molecule has 0 aromatic carbocycles. The maximum absolute atomic E-state index is 11.5. The first-order valence-corrected chi connectivity index (χ1v) is 10.9. The van der Waals surface area contributed by atoms with Gasteiger partial charge in [-0.05, 0) is 26.2 Å². The van der Waals surface area contributed by atoms with Gasteiger partial charge in [-0.3, -0.25) is 4.79 Å². The summed E-state index contributed by atoms with van der Waals surface area (Å²) in [6.45, 7) is 8.92. The molecular weight excluding hydrogens is 312 g/mol. The average molecular weight is 359 g/mol. The average Bonchev–Trinajstić information content (AvgIpc) is 2.60. The fourth-order valence-corrected chi connectivity index (χ4v) is 2.60. The summed E-state index contributed by atoms with van der Waals surface area (Å²) in [6, 6.07) is 0. The molecule has 0 aliphatic rings. The maximum atomic E-state index is 11.5. The molecule has 0 aliphatic carbocycles. The summed E-state index contributed by atoms with van der Waals surface area (Å²) in [7, 11) is 0. The zero-order valence-electron chi connectivity index (χ0n) is 17.7. The molecule has 0 spiro atoms. The molecule has 0 bridgehead atoms. The molecule has 0 saturated heterocycles. The van der Waals surface area contributed by atoms with Crippen molar-refractivity contribution in [3.63, 3.8) is 0 Å². The van der Waals surface area contributed by atoms with Crippen molar-refractivity contribution in [1.82, 2.24) is 0 Å². The third-order valence-electron chi connectivity index (χ3n) is 4.29. The lowest BCUT2D eigenvalue weighted by Gasteiger charge is -2.12. The van der Waals surface area contributed by atoms with Gasteiger partial charge in [-0.2, -0.15) is 0 Å². The van der Waals surface area contributed by atoms with E-state index in [1.165, 1.54) is 64.2 Å². The molecular formula is C22H46O3. The molecule has 1 N–H and O–H groups in total. The topological polar surface area (TPSA) is 46.5 Å². The van der Waals surface area contributed by atoms with E-state index in [9.17, 15) is 4.79 Å². The first-order chi connectivity index (χ1) is 12.1. The van der Waals surface area contributed by atoms with Gasteiger partial charge in [-0.25, -0.2) is 0 Å². The largest absolute Gasteiger partial charge is 0.463 e. The fraction of sp³-hybridized carbons (Fsp3) is 0.955. The molecule has 152 valence electrons. The van der Waals surface area contributed by atoms with E-state index in [2.05, 4.69) is 20.8 Å². The van der Waals surface area contributed by atoms with Gasteiger partial charge < -0.3 is 9.84 Å². The van der Waals surface area contributed by atoms with E-state index in [4.69, 9.17) is 9.84 Å². The minimum atomic E-state index is -0.00726. The fourth-order valence-electron chi connectivity index (χ4n) is 2.60. The highest BCUT2D eigenvalue weighted by molar-refractivity contribution is 5.69. The van der Waals surface area contributed by atoms with E-state index >= 15 is 0 Å². The molecule has 3 nitrogen and oxygen atoms in total. The van der Waals surface area contributed by atoms with Crippen molar-refractivity contribution in [1.29, 1.82) is 0 Å². The Bertz CT molecular complexity index is 250. The summed E-state index contributed by atoms with van der Waals surface area (Å²) < 4.78 is 5.36. The second-order valence-electron chi connectivity index (χ2n) is 7.10. The van der Waals surface area contributed by atoms with Crippen molar-refractivity contribution in [3.05, 3.63) is 0 Å². The second kappa shape index (κ2) is 23.4. The molecule has 0 aromatic rings. The van der Waals surface area contributed by atoms with Crippen LogP contribution in [0.3, 0.4) is 0 Å². The molecule has 3 heteroatoms. The number of hydrogen-bond acceptors (Lipinski definition) is 3. The van der Waals surface area contributed by atoms with Gasteiger partial charge in [0.05, 0.1) is 6.10 Å². The van der Waals surface area contributed by atoms with E-state index in [0.717, 1.165) is 25.7 Å². The van der Waals surface area contributed by atoms with E-state index in [0.29, 0.717) is 13.0 Å². The van der Waals surface area contributed by atoms with Gasteiger partial charge >= 0.3 is 5.97 Å². The quantitative estimate of drug-likeness (QED) is 0.243. The van der Waals surface area contributed by atoms with Crippen molar-refractivity contribution < 1.29 is 14.6 Å². The van der Waals surface area contributed by atoms with Crippen molar-refractivity contribution in [2.45, 2.75) is 130 Å². The number of rotatable bonds is 16. The molecule has 0 fully saturated rings. The summed E-state index contributed by atoms with van der Waals surface area (Å²) in [6.07, 6.45) is 17.4. The Kier molecular flexibility index (Phi) is 25.0. The molecule has 1 unspecified atom stereocenters. The van der Waals surface area contributed by atoms with Crippen LogP contribution in [-0.2, 0) is 9.53 Å². The molecule has 0 rings (SSSR count). The highest BCUT2D eigenvalue weighted by Crippen LogP contribution is 2.10. The lowest BCUT2D eigenvalue weighted by atomic mass is 10.1. The smallest absolute Gasteiger partial charge is 0.306 e. The summed E-state index contributed by atoms with van der Waals surface area (Å²) in [4.78, 5) is 11.5. The summed E-state index contributed by atoms with van der Waals surface area (Å²) in [5.41, 5.74) is 0. The first-order valence-electron chi connectivity index (χ1n) is 10.9. The Hall–Kier alpha value is -0.570. The Morgan fingerprint density at radius 1 is 0.760 bits per heavy atom. The van der Waals surface area contributed by atoms with E-state index in [-0.39, 0.29) is 12.1 Å². The van der Waals surface area contributed by atoms with Crippen LogP contribution < -0.4 is 0 Å². The number of carbonyl (C=O) groups excluding carboxylic acids is 1. The molecule has 25 heavy (non-hydrogen) atoms. The Labute approximate surface area is 157 Å². The van der Waals surface area contributed by atoms with Gasteiger partial charge in [-0.1, -0.05) is 91.4 Å². The Balaban J connectivity index is 0. The van der Waals surface area contributed by atoms with Crippen molar-refractivity contribution in [2.75, 3.05) is 6.61 Å². The monoisotopic (exact) mass is 358 g/mol. The Morgan fingerprint density at radius 2 is 1.24 bits per heavy atom. The summed E-state index contributed by atoms with van der Waals surface area (Å²) in [5.74, 6) is -0.00726. The number of hydrogen-bond donors (Lipinski definition) is 1. The first kappa shape index (κ1) is 26.7. The van der Waals surface area contributed by atoms with Crippen molar-refractivity contribution in [3.8, 4) is 0 Å². The third kappa shape index (κ3) is 25.8. The van der Waals surface area contributed by atoms with Crippen LogP contribution in [0.1, 0.15) is 124 Å². The van der Waals surface area contributed by atoms with Crippen molar-refractivity contribution in [2.24, 2.45) is 0 Å². The lowest BCUT2D eigenvalue weighted by Crippen LogP contribution is -2.14. The molecule has 0 heterocycles. The van der Waals surface area contributed by atoms with Crippen LogP contribution in [-0.4, -0.2) is 23.8 Å². The molecule has 0 aromatic heterocycles. The van der Waals surface area contributed by atoms with Gasteiger partial charge in [0.15, 0.2) is 0 Å². The van der Waals surface area contributed by atoms with Crippen LogP contribution in [0.5, 0.6) is 0 Å². The molecule has 0 aliphatic heterocycles. The number of ether oxygens (including phenoxy) is 1. The zero-order chi connectivity index (χ0) is 19.2. The van der Waals surface area contributed by atoms with Crippen LogP contribution >= 0.6 is 0 Å². The molecule has 1 atom stereocenters. The van der Waals surface area contributed by atoms with E-state index < -0.39 is 0 Å². The van der Waals surface area contributed by atoms with Gasteiger partial charge in [-0.15, -0.1) is 0 Å². The highest BCUT2D eigenvalue weighted by atomic mass is 16.5. The SMILES string of the molecule is CCCCCCCCCC(=O)OC(C)CCCC.CCCCCCO. The van der Waals surface area contributed by atoms with Gasteiger partial charge in [0.2, 0.25) is 0 Å². The van der Waals surface area contributed by atoms with Crippen molar-refractivity contribution >= 4 is 5.97 Å². The number of carbonyl (C=O) groups is 1. The van der Waals surface area contributed by atoms with Crippen LogP contribution in [0, 0.1) is 0 Å². The summed E-state index contributed by atoms with van der Waals surface area (Å²) >= 11 is 0. The number of aliphatic hydroxyl groups is 1. The standard InChI is InChI=1S/C16H32O2.C6H14O/c1-4-6-8-9-10-11-12-14-16(17)18-15(3)13-7-5-2;1-2-3-4-5-6-7/h15H,4-14H2,1-3H3;7H,2-6H2,1H3. The number of esters is 1. The molecule has 0 saturated carbocycles. The number of aliphatic hydroxyl groups excluding tert-OH is 1. The van der Waals surface area contributed by atoms with Crippen LogP contribution in [0.2, 0.25) is 0 Å². The third-order valence-corrected chi connectivity index (χ3v) is 4.29. The van der Waals surface area contributed by atoms with Gasteiger partial charge in [0, 0.05) is 13.0 Å². The molecule has 0 amide bonds. The van der Waals surface area contributed by atoms with E-state index in [1.54, 1.807) is 0 Å². The number of unbranched alkanes of at least 4 members (excludes halogenated alkanes) is 10. The van der Waals surface area contributed by atoms with Crippen LogP contribution in [0.4, 0.5) is 0 Å². The lowest BCUT2D eigenvalue weighted by molar-refractivity contribution is -0.148.